The van der Waals surface area contributed by atoms with Crippen LogP contribution < -0.4 is 0 Å². The van der Waals surface area contributed by atoms with Crippen molar-refractivity contribution in [2.75, 3.05) is 0 Å². The molecule has 80 valence electrons. The van der Waals surface area contributed by atoms with Crippen LogP contribution in [0.15, 0.2) is 35.8 Å². The van der Waals surface area contributed by atoms with Crippen molar-refractivity contribution in [3.05, 3.63) is 52.0 Å². The van der Waals surface area contributed by atoms with Crippen LogP contribution in [-0.4, -0.2) is 16.1 Å². The average Bonchev–Trinajstić information content (AvgIpc) is 2.80. The van der Waals surface area contributed by atoms with Gasteiger partial charge in [-0.05, 0) is 23.8 Å². The van der Waals surface area contributed by atoms with Gasteiger partial charge < -0.3 is 5.11 Å². The molecule has 0 aliphatic carbocycles. The molecule has 1 aromatic heterocycles. The van der Waals surface area contributed by atoms with Gasteiger partial charge in [0.15, 0.2) is 0 Å². The molecule has 1 heterocycles. The molecule has 3 nitrogen and oxygen atoms in total. The normalized spacial score (nSPS) is 10.8. The lowest BCUT2D eigenvalue weighted by Crippen LogP contribution is -1.94. The first-order valence-corrected chi connectivity index (χ1v) is 5.54. The van der Waals surface area contributed by atoms with E-state index in [-0.39, 0.29) is 0 Å². The molecule has 16 heavy (non-hydrogen) atoms. The molecule has 1 aromatic carbocycles. The van der Waals surface area contributed by atoms with Crippen molar-refractivity contribution >= 4 is 29.5 Å². The number of benzene rings is 1. The zero-order valence-electron chi connectivity index (χ0n) is 8.33. The van der Waals surface area contributed by atoms with Gasteiger partial charge in [-0.25, -0.2) is 9.78 Å². The Morgan fingerprint density at radius 2 is 2.00 bits per heavy atom. The Bertz CT molecular complexity index is 500. The quantitative estimate of drug-likeness (QED) is 0.883. The van der Waals surface area contributed by atoms with Crippen LogP contribution in [0.1, 0.15) is 20.9 Å². The van der Waals surface area contributed by atoms with Crippen LogP contribution >= 0.6 is 11.3 Å². The van der Waals surface area contributed by atoms with Gasteiger partial charge in [-0.1, -0.05) is 18.2 Å². The van der Waals surface area contributed by atoms with E-state index in [0.717, 1.165) is 10.6 Å². The molecule has 0 radical (unpaired) electrons. The number of nitrogens with zero attached hydrogens (tertiary/aromatic N) is 1. The highest BCUT2D eigenvalue weighted by atomic mass is 32.1. The van der Waals surface area contributed by atoms with Gasteiger partial charge in [-0.2, -0.15) is 0 Å². The standard InChI is InChI=1S/C12H9NO2S/c14-12(15)10-4-1-9(2-5-10)3-6-11-13-7-8-16-11/h1-8H,(H,14,15)/b6-3+. The summed E-state index contributed by atoms with van der Waals surface area (Å²) >= 11 is 1.56. The Morgan fingerprint density at radius 3 is 2.56 bits per heavy atom. The maximum Gasteiger partial charge on any atom is 0.335 e. The second kappa shape index (κ2) is 4.72. The Morgan fingerprint density at radius 1 is 1.25 bits per heavy atom. The molecule has 2 rings (SSSR count). The summed E-state index contributed by atoms with van der Waals surface area (Å²) in [6.45, 7) is 0. The van der Waals surface area contributed by atoms with E-state index >= 15 is 0 Å². The Balaban J connectivity index is 2.14. The van der Waals surface area contributed by atoms with Gasteiger partial charge in [0.05, 0.1) is 5.56 Å². The van der Waals surface area contributed by atoms with Crippen LogP contribution in [0.4, 0.5) is 0 Å². The van der Waals surface area contributed by atoms with E-state index in [1.165, 1.54) is 0 Å². The third-order valence-corrected chi connectivity index (χ3v) is 2.77. The summed E-state index contributed by atoms with van der Waals surface area (Å²) in [5.74, 6) is -0.907. The summed E-state index contributed by atoms with van der Waals surface area (Å²) in [7, 11) is 0. The van der Waals surface area contributed by atoms with E-state index in [0.29, 0.717) is 5.56 Å². The number of hydrogen-bond acceptors (Lipinski definition) is 3. The van der Waals surface area contributed by atoms with Crippen molar-refractivity contribution in [3.8, 4) is 0 Å². The van der Waals surface area contributed by atoms with Crippen LogP contribution in [-0.2, 0) is 0 Å². The number of rotatable bonds is 3. The van der Waals surface area contributed by atoms with Gasteiger partial charge in [0.1, 0.15) is 5.01 Å². The first kappa shape index (κ1) is 10.6. The predicted molar refractivity (Wildman–Crippen MR) is 64.4 cm³/mol. The molecule has 0 unspecified atom stereocenters. The number of hydrogen-bond donors (Lipinski definition) is 1. The second-order valence-corrected chi connectivity index (χ2v) is 4.06. The topological polar surface area (TPSA) is 50.2 Å². The van der Waals surface area contributed by atoms with Crippen LogP contribution in [0.5, 0.6) is 0 Å². The third kappa shape index (κ3) is 2.55. The van der Waals surface area contributed by atoms with Crippen molar-refractivity contribution in [2.45, 2.75) is 0 Å². The van der Waals surface area contributed by atoms with E-state index < -0.39 is 5.97 Å². The summed E-state index contributed by atoms with van der Waals surface area (Å²) in [5, 5.41) is 11.6. The molecular weight excluding hydrogens is 222 g/mol. The van der Waals surface area contributed by atoms with Crippen molar-refractivity contribution < 1.29 is 9.90 Å². The van der Waals surface area contributed by atoms with Crippen LogP contribution in [0.2, 0.25) is 0 Å². The summed E-state index contributed by atoms with van der Waals surface area (Å²) in [6.07, 6.45) is 5.56. The van der Waals surface area contributed by atoms with Crippen molar-refractivity contribution in [1.82, 2.24) is 4.98 Å². The largest absolute Gasteiger partial charge is 0.478 e. The van der Waals surface area contributed by atoms with E-state index in [1.54, 1.807) is 41.8 Å². The highest BCUT2D eigenvalue weighted by molar-refractivity contribution is 7.10. The summed E-state index contributed by atoms with van der Waals surface area (Å²) < 4.78 is 0. The van der Waals surface area contributed by atoms with Crippen LogP contribution in [0.3, 0.4) is 0 Å². The average molecular weight is 231 g/mol. The van der Waals surface area contributed by atoms with E-state index in [4.69, 9.17) is 5.11 Å². The third-order valence-electron chi connectivity index (χ3n) is 2.03. The van der Waals surface area contributed by atoms with Gasteiger partial charge in [0.2, 0.25) is 0 Å². The molecule has 0 saturated heterocycles. The molecule has 0 amide bonds. The molecule has 0 fully saturated rings. The SMILES string of the molecule is O=C(O)c1ccc(/C=C/c2nccs2)cc1. The Hall–Kier alpha value is -1.94. The highest BCUT2D eigenvalue weighted by Crippen LogP contribution is 2.11. The van der Waals surface area contributed by atoms with Gasteiger partial charge in [0, 0.05) is 11.6 Å². The number of carboxylic acids is 1. The number of aromatic carboxylic acids is 1. The van der Waals surface area contributed by atoms with Gasteiger partial charge >= 0.3 is 5.97 Å². The highest BCUT2D eigenvalue weighted by Gasteiger charge is 1.99. The molecule has 4 heteroatoms. The summed E-state index contributed by atoms with van der Waals surface area (Å²) in [5.41, 5.74) is 1.26. The molecule has 0 bridgehead atoms. The Labute approximate surface area is 96.7 Å². The number of carbonyl (C=O) groups is 1. The van der Waals surface area contributed by atoms with Crippen molar-refractivity contribution in [1.29, 1.82) is 0 Å². The zero-order chi connectivity index (χ0) is 11.4. The number of aromatic nitrogens is 1. The number of thiazole rings is 1. The molecule has 0 aliphatic rings. The van der Waals surface area contributed by atoms with Crippen molar-refractivity contribution in [2.24, 2.45) is 0 Å². The second-order valence-electron chi connectivity index (χ2n) is 3.13. The molecule has 0 spiro atoms. The lowest BCUT2D eigenvalue weighted by Gasteiger charge is -1.95. The molecule has 0 aliphatic heterocycles. The first-order chi connectivity index (χ1) is 7.75. The predicted octanol–water partition coefficient (Wildman–Crippen LogP) is 3.01. The van der Waals surface area contributed by atoms with Crippen molar-refractivity contribution in [3.63, 3.8) is 0 Å². The molecule has 0 atom stereocenters. The fourth-order valence-corrected chi connectivity index (χ4v) is 1.75. The van der Waals surface area contributed by atoms with Gasteiger partial charge in [-0.15, -0.1) is 11.3 Å². The molecular formula is C12H9NO2S. The molecule has 1 N–H and O–H groups in total. The number of carboxylic acid groups (broad SMARTS) is 1. The maximum absolute atomic E-state index is 10.6. The van der Waals surface area contributed by atoms with Gasteiger partial charge in [0.25, 0.3) is 0 Å². The van der Waals surface area contributed by atoms with E-state index in [1.807, 2.05) is 17.5 Å². The molecule has 2 aromatic rings. The van der Waals surface area contributed by atoms with Crippen LogP contribution in [0.25, 0.3) is 12.2 Å². The minimum absolute atomic E-state index is 0.298. The zero-order valence-corrected chi connectivity index (χ0v) is 9.15. The van der Waals surface area contributed by atoms with E-state index in [2.05, 4.69) is 4.98 Å². The minimum atomic E-state index is -0.907. The van der Waals surface area contributed by atoms with Gasteiger partial charge in [-0.3, -0.25) is 0 Å². The summed E-state index contributed by atoms with van der Waals surface area (Å²) in [6, 6.07) is 6.72. The minimum Gasteiger partial charge on any atom is -0.478 e. The fourth-order valence-electron chi connectivity index (χ4n) is 1.22. The lowest BCUT2D eigenvalue weighted by molar-refractivity contribution is 0.0697. The smallest absolute Gasteiger partial charge is 0.335 e. The lowest BCUT2D eigenvalue weighted by atomic mass is 10.1. The summed E-state index contributed by atoms with van der Waals surface area (Å²) in [4.78, 5) is 14.7. The van der Waals surface area contributed by atoms with Crippen LogP contribution in [0, 0.1) is 0 Å². The Kier molecular flexibility index (Phi) is 3.12. The maximum atomic E-state index is 10.6. The fraction of sp³-hybridized carbons (Fsp3) is 0. The molecule has 0 saturated carbocycles. The monoisotopic (exact) mass is 231 g/mol. The first-order valence-electron chi connectivity index (χ1n) is 4.66. The van der Waals surface area contributed by atoms with E-state index in [9.17, 15) is 4.79 Å².